The molecule has 6 nitrogen and oxygen atoms in total. The maximum absolute atomic E-state index is 5.86. The number of ether oxygens (including phenoxy) is 1. The molecule has 2 heterocycles. The van der Waals surface area contributed by atoms with Crippen molar-refractivity contribution in [2.45, 2.75) is 25.4 Å². The Morgan fingerprint density at radius 2 is 1.81 bits per heavy atom. The molecule has 1 aliphatic rings. The molecule has 0 spiro atoms. The Labute approximate surface area is 172 Å². The molecule has 8 heteroatoms. The van der Waals surface area contributed by atoms with Gasteiger partial charge in [0.15, 0.2) is 0 Å². The number of nitrogen functional groups attached to an aromatic ring is 1. The number of hydrogen-bond donors (Lipinski definition) is 2. The van der Waals surface area contributed by atoms with Crippen LogP contribution in [0.2, 0.25) is 0 Å². The van der Waals surface area contributed by atoms with Crippen LogP contribution in [0, 0.1) is 0 Å². The zero-order chi connectivity index (χ0) is 18.1. The van der Waals surface area contributed by atoms with Crippen molar-refractivity contribution in [3.8, 4) is 5.75 Å². The van der Waals surface area contributed by atoms with E-state index in [0.29, 0.717) is 12.6 Å². The fraction of sp³-hybridized carbons (Fsp3) is 0.263. The van der Waals surface area contributed by atoms with E-state index in [9.17, 15) is 0 Å². The number of aromatic nitrogens is 3. The summed E-state index contributed by atoms with van der Waals surface area (Å²) in [6.07, 6.45) is 0.853. The summed E-state index contributed by atoms with van der Waals surface area (Å²) >= 11 is 3.49. The minimum Gasteiger partial charge on any atom is -0.494 e. The van der Waals surface area contributed by atoms with Crippen LogP contribution in [0.25, 0.3) is 0 Å². The number of hydrogen-bond acceptors (Lipinski definition) is 5. The minimum atomic E-state index is 0. The van der Waals surface area contributed by atoms with Gasteiger partial charge in [0, 0.05) is 4.47 Å². The second-order valence-electron chi connectivity index (χ2n) is 6.24. The van der Waals surface area contributed by atoms with Crippen molar-refractivity contribution < 1.29 is 4.74 Å². The van der Waals surface area contributed by atoms with Crippen molar-refractivity contribution in [1.82, 2.24) is 14.8 Å². The summed E-state index contributed by atoms with van der Waals surface area (Å²) in [6, 6.07) is 16.7. The topological polar surface area (TPSA) is 78.0 Å². The molecule has 27 heavy (non-hydrogen) atoms. The van der Waals surface area contributed by atoms with E-state index in [4.69, 9.17) is 10.5 Å². The Bertz CT molecular complexity index is 897. The third-order valence-corrected chi connectivity index (χ3v) is 5.08. The molecule has 0 saturated carbocycles. The molecule has 0 fully saturated rings. The molecule has 0 radical (unpaired) electrons. The lowest BCUT2D eigenvalue weighted by molar-refractivity contribution is 0.340. The Morgan fingerprint density at radius 3 is 2.48 bits per heavy atom. The van der Waals surface area contributed by atoms with E-state index in [-0.39, 0.29) is 30.4 Å². The number of fused-ring (bicyclic) bond motifs is 1. The second-order valence-corrected chi connectivity index (χ2v) is 7.16. The zero-order valence-electron chi connectivity index (χ0n) is 14.8. The average molecular weight is 451 g/mol. The van der Waals surface area contributed by atoms with Crippen LogP contribution < -0.4 is 15.8 Å². The van der Waals surface area contributed by atoms with Gasteiger partial charge in [-0.3, -0.25) is 0 Å². The van der Waals surface area contributed by atoms with E-state index >= 15 is 0 Å². The van der Waals surface area contributed by atoms with Gasteiger partial charge in [0.25, 0.3) is 0 Å². The predicted octanol–water partition coefficient (Wildman–Crippen LogP) is 4.59. The van der Waals surface area contributed by atoms with Crippen LogP contribution in [0.15, 0.2) is 53.0 Å². The van der Waals surface area contributed by atoms with Crippen LogP contribution >= 0.6 is 28.3 Å². The van der Waals surface area contributed by atoms with Crippen molar-refractivity contribution in [2.75, 3.05) is 17.7 Å². The van der Waals surface area contributed by atoms with Crippen LogP contribution in [0.4, 0.5) is 11.9 Å². The number of halogens is 2. The lowest BCUT2D eigenvalue weighted by atomic mass is 9.93. The monoisotopic (exact) mass is 449 g/mol. The molecule has 0 bridgehead atoms. The summed E-state index contributed by atoms with van der Waals surface area (Å²) in [7, 11) is 0. The predicted molar refractivity (Wildman–Crippen MR) is 113 cm³/mol. The standard InChI is InChI=1S/C19H20BrN5O.ClH/c1-2-26-15-9-5-13(6-10-15)17-11-16(12-3-7-14(20)8-4-12)22-19-23-18(21)24-25(17)19;/h3-10,16-17H,2,11H2,1H3,(H3,21,22,23,24);1H. The van der Waals surface area contributed by atoms with Crippen molar-refractivity contribution in [2.24, 2.45) is 0 Å². The normalized spacial score (nSPS) is 18.1. The van der Waals surface area contributed by atoms with Gasteiger partial charge in [-0.2, -0.15) is 4.98 Å². The number of nitrogens with one attached hydrogen (secondary N) is 1. The highest BCUT2D eigenvalue weighted by Gasteiger charge is 2.30. The van der Waals surface area contributed by atoms with Crippen molar-refractivity contribution in [3.63, 3.8) is 0 Å². The highest BCUT2D eigenvalue weighted by Crippen LogP contribution is 2.38. The number of nitrogens with zero attached hydrogens (tertiary/aromatic N) is 3. The highest BCUT2D eigenvalue weighted by molar-refractivity contribution is 9.10. The number of anilines is 2. The molecule has 2 atom stereocenters. The lowest BCUT2D eigenvalue weighted by Crippen LogP contribution is -2.28. The molecule has 0 amide bonds. The Kier molecular flexibility index (Phi) is 5.92. The van der Waals surface area contributed by atoms with Gasteiger partial charge in [-0.1, -0.05) is 40.2 Å². The van der Waals surface area contributed by atoms with E-state index in [1.807, 2.05) is 23.7 Å². The average Bonchev–Trinajstić information content (AvgIpc) is 3.02. The molecule has 142 valence electrons. The van der Waals surface area contributed by atoms with Crippen molar-refractivity contribution >= 4 is 40.2 Å². The number of benzene rings is 2. The third kappa shape index (κ3) is 4.04. The summed E-state index contributed by atoms with van der Waals surface area (Å²) in [6.45, 7) is 2.64. The molecule has 3 N–H and O–H groups in total. The first-order valence-corrected chi connectivity index (χ1v) is 9.40. The van der Waals surface area contributed by atoms with Gasteiger partial charge >= 0.3 is 0 Å². The Morgan fingerprint density at radius 1 is 1.15 bits per heavy atom. The summed E-state index contributed by atoms with van der Waals surface area (Å²) in [4.78, 5) is 4.35. The van der Waals surface area contributed by atoms with Crippen molar-refractivity contribution in [1.29, 1.82) is 0 Å². The van der Waals surface area contributed by atoms with E-state index in [1.165, 1.54) is 5.56 Å². The summed E-state index contributed by atoms with van der Waals surface area (Å²) in [5.41, 5.74) is 8.22. The molecular weight excluding hydrogens is 430 g/mol. The summed E-state index contributed by atoms with van der Waals surface area (Å²) in [5.74, 6) is 1.84. The molecule has 1 aliphatic heterocycles. The zero-order valence-corrected chi connectivity index (χ0v) is 17.2. The fourth-order valence-corrected chi connectivity index (χ4v) is 3.60. The van der Waals surface area contributed by atoms with Gasteiger partial charge < -0.3 is 15.8 Å². The van der Waals surface area contributed by atoms with E-state index in [0.717, 1.165) is 22.2 Å². The van der Waals surface area contributed by atoms with E-state index in [1.54, 1.807) is 0 Å². The molecule has 0 saturated heterocycles. The van der Waals surface area contributed by atoms with Crippen LogP contribution in [0.1, 0.15) is 36.6 Å². The van der Waals surface area contributed by atoms with Crippen molar-refractivity contribution in [3.05, 3.63) is 64.1 Å². The lowest BCUT2D eigenvalue weighted by Gasteiger charge is -2.31. The molecule has 2 aromatic carbocycles. The summed E-state index contributed by atoms with van der Waals surface area (Å²) < 4.78 is 8.49. The Hall–Kier alpha value is -2.25. The molecule has 3 aromatic rings. The SMILES string of the molecule is CCOc1ccc(C2CC(c3ccc(Br)cc3)Nc3nc(N)nn32)cc1.Cl. The first-order valence-electron chi connectivity index (χ1n) is 8.61. The Balaban J connectivity index is 0.00000210. The minimum absolute atomic E-state index is 0. The number of nitrogens with two attached hydrogens (primary N) is 1. The molecule has 2 unspecified atom stereocenters. The van der Waals surface area contributed by atoms with Gasteiger partial charge in [0.2, 0.25) is 11.9 Å². The number of rotatable bonds is 4. The maximum atomic E-state index is 5.86. The first-order chi connectivity index (χ1) is 12.6. The molecule has 0 aliphatic carbocycles. The molecular formula is C19H21BrClN5O. The highest BCUT2D eigenvalue weighted by atomic mass is 79.9. The molecule has 4 rings (SSSR count). The van der Waals surface area contributed by atoms with Crippen LogP contribution in [0.5, 0.6) is 5.75 Å². The van der Waals surface area contributed by atoms with Gasteiger partial charge in [-0.25, -0.2) is 4.68 Å². The summed E-state index contributed by atoms with van der Waals surface area (Å²) in [5, 5.41) is 7.85. The first kappa shape index (κ1) is 19.5. The third-order valence-electron chi connectivity index (χ3n) is 4.55. The second kappa shape index (κ2) is 8.19. The molecule has 1 aromatic heterocycles. The maximum Gasteiger partial charge on any atom is 0.241 e. The van der Waals surface area contributed by atoms with Gasteiger partial charge in [-0.15, -0.1) is 17.5 Å². The quantitative estimate of drug-likeness (QED) is 0.608. The largest absolute Gasteiger partial charge is 0.494 e. The van der Waals surface area contributed by atoms with Gasteiger partial charge in [0.05, 0.1) is 18.7 Å². The van der Waals surface area contributed by atoms with Crippen LogP contribution in [-0.2, 0) is 0 Å². The van der Waals surface area contributed by atoms with E-state index < -0.39 is 0 Å². The van der Waals surface area contributed by atoms with Gasteiger partial charge in [0.1, 0.15) is 5.75 Å². The van der Waals surface area contributed by atoms with E-state index in [2.05, 4.69) is 67.7 Å². The van der Waals surface area contributed by atoms with Crippen LogP contribution in [-0.4, -0.2) is 21.4 Å². The fourth-order valence-electron chi connectivity index (χ4n) is 3.34. The van der Waals surface area contributed by atoms with Crippen LogP contribution in [0.3, 0.4) is 0 Å². The smallest absolute Gasteiger partial charge is 0.241 e. The van der Waals surface area contributed by atoms with Gasteiger partial charge in [-0.05, 0) is 48.7 Å².